The first-order valence-electron chi connectivity index (χ1n) is 6.24. The molecule has 0 heterocycles. The van der Waals surface area contributed by atoms with Crippen LogP contribution in [0.25, 0.3) is 0 Å². The van der Waals surface area contributed by atoms with Crippen molar-refractivity contribution in [1.82, 2.24) is 5.32 Å². The molecule has 0 radical (unpaired) electrons. The van der Waals surface area contributed by atoms with E-state index in [2.05, 4.69) is 19.2 Å². The van der Waals surface area contributed by atoms with Crippen LogP contribution in [0.4, 0.5) is 13.2 Å². The van der Waals surface area contributed by atoms with Crippen LogP contribution in [-0.4, -0.2) is 7.05 Å². The zero-order valence-electron chi connectivity index (χ0n) is 11.0. The minimum absolute atomic E-state index is 0.0350. The summed E-state index contributed by atoms with van der Waals surface area (Å²) in [6.45, 7) is 4.14. The number of hydrogen-bond acceptors (Lipinski definition) is 1. The average Bonchev–Trinajstić information content (AvgIpc) is 2.29. The summed E-state index contributed by atoms with van der Waals surface area (Å²) in [6.07, 6.45) is -2.26. The van der Waals surface area contributed by atoms with Crippen molar-refractivity contribution < 1.29 is 13.2 Å². The maximum Gasteiger partial charge on any atom is 0.416 e. The molecule has 0 saturated carbocycles. The lowest BCUT2D eigenvalue weighted by Gasteiger charge is -2.24. The predicted octanol–water partition coefficient (Wildman–Crippen LogP) is 4.40. The second kappa shape index (κ2) is 6.23. The Kier molecular flexibility index (Phi) is 5.20. The van der Waals surface area contributed by atoms with Crippen molar-refractivity contribution in [1.29, 1.82) is 0 Å². The third-order valence-electron chi connectivity index (χ3n) is 3.20. The van der Waals surface area contributed by atoms with E-state index in [-0.39, 0.29) is 6.04 Å². The molecular weight excluding hydrogens is 239 g/mol. The Morgan fingerprint density at radius 1 is 1.28 bits per heavy atom. The highest BCUT2D eigenvalue weighted by Crippen LogP contribution is 2.32. The number of halogens is 3. The van der Waals surface area contributed by atoms with Crippen LogP contribution in [-0.2, 0) is 6.18 Å². The van der Waals surface area contributed by atoms with Crippen LogP contribution in [0.1, 0.15) is 43.9 Å². The zero-order chi connectivity index (χ0) is 13.8. The Bertz CT molecular complexity index is 374. The molecule has 0 saturated heterocycles. The van der Waals surface area contributed by atoms with Gasteiger partial charge in [-0.05, 0) is 37.1 Å². The Morgan fingerprint density at radius 2 is 1.94 bits per heavy atom. The largest absolute Gasteiger partial charge is 0.416 e. The van der Waals surface area contributed by atoms with E-state index >= 15 is 0 Å². The summed E-state index contributed by atoms with van der Waals surface area (Å²) in [5.74, 6) is 0.309. The summed E-state index contributed by atoms with van der Waals surface area (Å²) in [4.78, 5) is 0. The maximum absolute atomic E-state index is 12.7. The molecule has 18 heavy (non-hydrogen) atoms. The summed E-state index contributed by atoms with van der Waals surface area (Å²) in [5.41, 5.74) is 0.122. The molecule has 2 unspecified atom stereocenters. The highest BCUT2D eigenvalue weighted by molar-refractivity contribution is 5.28. The van der Waals surface area contributed by atoms with Crippen molar-refractivity contribution in [2.75, 3.05) is 7.05 Å². The quantitative estimate of drug-likeness (QED) is 0.826. The molecule has 0 amide bonds. The van der Waals surface area contributed by atoms with Gasteiger partial charge in [-0.25, -0.2) is 0 Å². The van der Waals surface area contributed by atoms with E-state index in [0.717, 1.165) is 18.9 Å². The van der Waals surface area contributed by atoms with Crippen LogP contribution in [0, 0.1) is 5.92 Å². The van der Waals surface area contributed by atoms with E-state index in [0.29, 0.717) is 11.5 Å². The van der Waals surface area contributed by atoms with E-state index in [1.807, 2.05) is 0 Å². The molecule has 0 aliphatic rings. The van der Waals surface area contributed by atoms with Gasteiger partial charge in [-0.3, -0.25) is 0 Å². The second-order valence-corrected chi connectivity index (χ2v) is 4.66. The first kappa shape index (κ1) is 15.0. The number of benzene rings is 1. The van der Waals surface area contributed by atoms with Gasteiger partial charge in [0.05, 0.1) is 5.56 Å². The minimum Gasteiger partial charge on any atom is -0.313 e. The van der Waals surface area contributed by atoms with Crippen molar-refractivity contribution in [3.05, 3.63) is 35.4 Å². The van der Waals surface area contributed by atoms with Crippen molar-refractivity contribution in [3.63, 3.8) is 0 Å². The third kappa shape index (κ3) is 3.73. The summed E-state index contributed by atoms with van der Waals surface area (Å²) in [7, 11) is 1.79. The van der Waals surface area contributed by atoms with Crippen LogP contribution < -0.4 is 5.32 Å². The molecule has 0 spiro atoms. The van der Waals surface area contributed by atoms with Gasteiger partial charge in [-0.2, -0.15) is 13.2 Å². The monoisotopic (exact) mass is 259 g/mol. The molecule has 0 aromatic heterocycles. The van der Waals surface area contributed by atoms with Crippen molar-refractivity contribution in [2.24, 2.45) is 5.92 Å². The number of alkyl halides is 3. The Labute approximate surface area is 106 Å². The van der Waals surface area contributed by atoms with Crippen LogP contribution in [0.5, 0.6) is 0 Å². The molecule has 1 aromatic carbocycles. The van der Waals surface area contributed by atoms with E-state index in [1.54, 1.807) is 13.1 Å². The highest BCUT2D eigenvalue weighted by Gasteiger charge is 2.31. The molecule has 1 N–H and O–H groups in total. The first-order valence-corrected chi connectivity index (χ1v) is 6.24. The standard InChI is InChI=1S/C14H20F3N/c1-4-6-10(2)13(18-3)11-7-5-8-12(9-11)14(15,16)17/h5,7-10,13,18H,4,6H2,1-3H3. The molecule has 0 fully saturated rings. The van der Waals surface area contributed by atoms with Crippen LogP contribution in [0.15, 0.2) is 24.3 Å². The Hall–Kier alpha value is -1.03. The predicted molar refractivity (Wildman–Crippen MR) is 67.3 cm³/mol. The lowest BCUT2D eigenvalue weighted by Crippen LogP contribution is -2.24. The molecule has 1 aromatic rings. The van der Waals surface area contributed by atoms with Crippen molar-refractivity contribution in [2.45, 2.75) is 38.9 Å². The average molecular weight is 259 g/mol. The Balaban J connectivity index is 3.00. The number of rotatable bonds is 5. The number of hydrogen-bond donors (Lipinski definition) is 1. The maximum atomic E-state index is 12.7. The molecular formula is C14H20F3N. The van der Waals surface area contributed by atoms with E-state index < -0.39 is 11.7 Å². The summed E-state index contributed by atoms with van der Waals surface area (Å²) < 4.78 is 38.0. The topological polar surface area (TPSA) is 12.0 Å². The van der Waals surface area contributed by atoms with E-state index in [4.69, 9.17) is 0 Å². The minimum atomic E-state index is -4.28. The fourth-order valence-corrected chi connectivity index (χ4v) is 2.31. The van der Waals surface area contributed by atoms with Gasteiger partial charge in [0.15, 0.2) is 0 Å². The molecule has 4 heteroatoms. The van der Waals surface area contributed by atoms with Crippen LogP contribution >= 0.6 is 0 Å². The highest BCUT2D eigenvalue weighted by atomic mass is 19.4. The molecule has 1 nitrogen and oxygen atoms in total. The summed E-state index contributed by atoms with van der Waals surface area (Å²) in [6, 6.07) is 5.55. The van der Waals surface area contributed by atoms with Gasteiger partial charge in [-0.15, -0.1) is 0 Å². The van der Waals surface area contributed by atoms with Crippen molar-refractivity contribution in [3.8, 4) is 0 Å². The number of nitrogens with one attached hydrogen (secondary N) is 1. The smallest absolute Gasteiger partial charge is 0.313 e. The lowest BCUT2D eigenvalue weighted by atomic mass is 9.90. The van der Waals surface area contributed by atoms with Crippen molar-refractivity contribution >= 4 is 0 Å². The normalized spacial score (nSPS) is 15.4. The van der Waals surface area contributed by atoms with Gasteiger partial charge in [0.1, 0.15) is 0 Å². The van der Waals surface area contributed by atoms with Gasteiger partial charge in [0.2, 0.25) is 0 Å². The molecule has 0 aliphatic heterocycles. The fraction of sp³-hybridized carbons (Fsp3) is 0.571. The second-order valence-electron chi connectivity index (χ2n) is 4.66. The molecule has 0 bridgehead atoms. The zero-order valence-corrected chi connectivity index (χ0v) is 11.0. The molecule has 0 aliphatic carbocycles. The van der Waals surface area contributed by atoms with Gasteiger partial charge < -0.3 is 5.32 Å². The summed E-state index contributed by atoms with van der Waals surface area (Å²) in [5, 5.41) is 3.11. The van der Waals surface area contributed by atoms with E-state index in [9.17, 15) is 13.2 Å². The van der Waals surface area contributed by atoms with E-state index in [1.165, 1.54) is 12.1 Å². The Morgan fingerprint density at radius 3 is 2.44 bits per heavy atom. The first-order chi connectivity index (χ1) is 8.40. The van der Waals surface area contributed by atoms with Crippen LogP contribution in [0.2, 0.25) is 0 Å². The lowest BCUT2D eigenvalue weighted by molar-refractivity contribution is -0.137. The third-order valence-corrected chi connectivity index (χ3v) is 3.20. The van der Waals surface area contributed by atoms with Crippen LogP contribution in [0.3, 0.4) is 0 Å². The van der Waals surface area contributed by atoms with Gasteiger partial charge in [0, 0.05) is 6.04 Å². The molecule has 1 rings (SSSR count). The SMILES string of the molecule is CCCC(C)C(NC)c1cccc(C(F)(F)F)c1. The van der Waals surface area contributed by atoms with Gasteiger partial charge in [0.25, 0.3) is 0 Å². The molecule has 102 valence electrons. The van der Waals surface area contributed by atoms with Gasteiger partial charge in [-0.1, -0.05) is 32.4 Å². The van der Waals surface area contributed by atoms with Gasteiger partial charge >= 0.3 is 6.18 Å². The molecule has 2 atom stereocenters. The summed E-state index contributed by atoms with van der Waals surface area (Å²) >= 11 is 0. The fourth-order valence-electron chi connectivity index (χ4n) is 2.31.